The van der Waals surface area contributed by atoms with Crippen molar-refractivity contribution in [3.05, 3.63) is 53.8 Å². The van der Waals surface area contributed by atoms with Gasteiger partial charge in [-0.25, -0.2) is 4.98 Å². The molecule has 0 bridgehead atoms. The van der Waals surface area contributed by atoms with Gasteiger partial charge in [-0.05, 0) is 30.3 Å². The van der Waals surface area contributed by atoms with Crippen LogP contribution in [0.15, 0.2) is 48.8 Å². The smallest absolute Gasteiger partial charge is 0.139 e. The fraction of sp³-hybridized carbons (Fsp3) is 0. The summed E-state index contributed by atoms with van der Waals surface area (Å²) in [7, 11) is 0. The van der Waals surface area contributed by atoms with Gasteiger partial charge in [-0.3, -0.25) is 0 Å². The van der Waals surface area contributed by atoms with E-state index in [1.807, 2.05) is 42.6 Å². The number of hydrogen-bond acceptors (Lipinski definition) is 2. The second-order valence-corrected chi connectivity index (χ2v) is 4.17. The summed E-state index contributed by atoms with van der Waals surface area (Å²) in [5.41, 5.74) is 2.83. The van der Waals surface area contributed by atoms with Gasteiger partial charge >= 0.3 is 0 Å². The molecule has 1 aromatic carbocycles. The third-order valence-electron chi connectivity index (χ3n) is 2.55. The van der Waals surface area contributed by atoms with E-state index in [9.17, 15) is 0 Å². The Bertz CT molecular complexity index is 660. The monoisotopic (exact) mass is 243 g/mol. The first-order chi connectivity index (χ1) is 8.33. The Morgan fingerprint density at radius 3 is 3.00 bits per heavy atom. The zero-order valence-corrected chi connectivity index (χ0v) is 9.70. The van der Waals surface area contributed by atoms with Crippen molar-refractivity contribution in [2.24, 2.45) is 0 Å². The highest BCUT2D eigenvalue weighted by Gasteiger charge is 2.03. The van der Waals surface area contributed by atoms with E-state index in [4.69, 9.17) is 11.6 Å². The van der Waals surface area contributed by atoms with Crippen LogP contribution in [0.2, 0.25) is 5.02 Å². The normalized spacial score (nSPS) is 10.6. The van der Waals surface area contributed by atoms with Crippen LogP contribution in [0.5, 0.6) is 0 Å². The van der Waals surface area contributed by atoms with E-state index >= 15 is 0 Å². The van der Waals surface area contributed by atoms with Crippen LogP contribution in [0.4, 0.5) is 11.4 Å². The lowest BCUT2D eigenvalue weighted by molar-refractivity contribution is 1.33. The lowest BCUT2D eigenvalue weighted by Crippen LogP contribution is -1.88. The average Bonchev–Trinajstić information content (AvgIpc) is 2.73. The highest BCUT2D eigenvalue weighted by molar-refractivity contribution is 6.30. The summed E-state index contributed by atoms with van der Waals surface area (Å²) in [5, 5.41) is 5.09. The SMILES string of the molecule is Clc1cccc(Nc2c[nH]c3ncccc23)c1. The van der Waals surface area contributed by atoms with E-state index < -0.39 is 0 Å². The molecule has 0 amide bonds. The number of fused-ring (bicyclic) bond motifs is 1. The summed E-state index contributed by atoms with van der Waals surface area (Å²) in [5.74, 6) is 0. The molecule has 0 aliphatic rings. The summed E-state index contributed by atoms with van der Waals surface area (Å²) in [6.07, 6.45) is 3.67. The quantitative estimate of drug-likeness (QED) is 0.715. The number of nitrogens with one attached hydrogen (secondary N) is 2. The summed E-state index contributed by atoms with van der Waals surface area (Å²) < 4.78 is 0. The molecule has 3 nitrogen and oxygen atoms in total. The zero-order chi connectivity index (χ0) is 11.7. The van der Waals surface area contributed by atoms with Crippen LogP contribution in [0, 0.1) is 0 Å². The zero-order valence-electron chi connectivity index (χ0n) is 8.94. The van der Waals surface area contributed by atoms with Crippen molar-refractivity contribution in [1.82, 2.24) is 9.97 Å². The number of anilines is 2. The molecule has 0 saturated carbocycles. The van der Waals surface area contributed by atoms with Gasteiger partial charge in [0.1, 0.15) is 5.65 Å². The number of aromatic amines is 1. The number of nitrogens with zero attached hydrogens (tertiary/aromatic N) is 1. The molecular formula is C13H10ClN3. The molecule has 84 valence electrons. The highest BCUT2D eigenvalue weighted by Crippen LogP contribution is 2.25. The Kier molecular flexibility index (Phi) is 2.46. The van der Waals surface area contributed by atoms with Gasteiger partial charge < -0.3 is 10.3 Å². The molecule has 0 saturated heterocycles. The predicted octanol–water partition coefficient (Wildman–Crippen LogP) is 3.96. The van der Waals surface area contributed by atoms with Crippen LogP contribution in [-0.4, -0.2) is 9.97 Å². The summed E-state index contributed by atoms with van der Waals surface area (Å²) >= 11 is 5.94. The van der Waals surface area contributed by atoms with E-state index in [-0.39, 0.29) is 0 Å². The first-order valence-corrected chi connectivity index (χ1v) is 5.65. The second-order valence-electron chi connectivity index (χ2n) is 3.74. The maximum Gasteiger partial charge on any atom is 0.139 e. The van der Waals surface area contributed by atoms with Crippen molar-refractivity contribution >= 4 is 34.0 Å². The largest absolute Gasteiger partial charge is 0.354 e. The number of halogens is 1. The van der Waals surface area contributed by atoms with E-state index in [1.165, 1.54) is 0 Å². The Morgan fingerprint density at radius 1 is 1.18 bits per heavy atom. The third-order valence-corrected chi connectivity index (χ3v) is 2.79. The van der Waals surface area contributed by atoms with Crippen LogP contribution in [-0.2, 0) is 0 Å². The first-order valence-electron chi connectivity index (χ1n) is 5.27. The van der Waals surface area contributed by atoms with E-state index in [2.05, 4.69) is 15.3 Å². The molecule has 2 heterocycles. The number of benzene rings is 1. The van der Waals surface area contributed by atoms with Crippen LogP contribution >= 0.6 is 11.6 Å². The van der Waals surface area contributed by atoms with Gasteiger partial charge in [0.05, 0.1) is 5.69 Å². The Hall–Kier alpha value is -2.00. The van der Waals surface area contributed by atoms with Gasteiger partial charge in [-0.15, -0.1) is 0 Å². The van der Waals surface area contributed by atoms with Crippen molar-refractivity contribution in [3.63, 3.8) is 0 Å². The minimum absolute atomic E-state index is 0.716. The number of H-pyrrole nitrogens is 1. The lowest BCUT2D eigenvalue weighted by atomic mass is 10.2. The molecule has 0 atom stereocenters. The standard InChI is InChI=1S/C13H10ClN3/c14-9-3-1-4-10(7-9)17-12-8-16-13-11(12)5-2-6-15-13/h1-8,17H,(H,15,16). The third kappa shape index (κ3) is 1.97. The molecule has 3 rings (SSSR count). The number of aromatic nitrogens is 2. The first kappa shape index (κ1) is 10.2. The molecule has 0 spiro atoms. The van der Waals surface area contributed by atoms with E-state index in [0.717, 1.165) is 22.4 Å². The lowest BCUT2D eigenvalue weighted by Gasteiger charge is -2.04. The number of pyridine rings is 1. The maximum atomic E-state index is 5.94. The summed E-state index contributed by atoms with van der Waals surface area (Å²) in [6, 6.07) is 11.6. The number of hydrogen-bond donors (Lipinski definition) is 2. The van der Waals surface area contributed by atoms with Gasteiger partial charge in [0.2, 0.25) is 0 Å². The van der Waals surface area contributed by atoms with Gasteiger partial charge in [-0.1, -0.05) is 17.7 Å². The van der Waals surface area contributed by atoms with Gasteiger partial charge in [0, 0.05) is 28.5 Å². The van der Waals surface area contributed by atoms with Crippen LogP contribution in [0.1, 0.15) is 0 Å². The average molecular weight is 244 g/mol. The molecule has 2 N–H and O–H groups in total. The molecule has 2 aromatic heterocycles. The Balaban J connectivity index is 2.00. The van der Waals surface area contributed by atoms with Gasteiger partial charge in [0.25, 0.3) is 0 Å². The minimum Gasteiger partial charge on any atom is -0.354 e. The molecule has 0 unspecified atom stereocenters. The predicted molar refractivity (Wildman–Crippen MR) is 70.8 cm³/mol. The van der Waals surface area contributed by atoms with E-state index in [0.29, 0.717) is 5.02 Å². The number of rotatable bonds is 2. The summed E-state index contributed by atoms with van der Waals surface area (Å²) in [6.45, 7) is 0. The van der Waals surface area contributed by atoms with Crippen molar-refractivity contribution in [2.45, 2.75) is 0 Å². The van der Waals surface area contributed by atoms with Gasteiger partial charge in [-0.2, -0.15) is 0 Å². The van der Waals surface area contributed by atoms with Crippen LogP contribution < -0.4 is 5.32 Å². The van der Waals surface area contributed by atoms with Crippen molar-refractivity contribution in [3.8, 4) is 0 Å². The summed E-state index contributed by atoms with van der Waals surface area (Å²) in [4.78, 5) is 7.36. The second kappa shape index (κ2) is 4.11. The fourth-order valence-electron chi connectivity index (χ4n) is 1.78. The highest BCUT2D eigenvalue weighted by atomic mass is 35.5. The van der Waals surface area contributed by atoms with Crippen molar-refractivity contribution < 1.29 is 0 Å². The molecule has 0 aliphatic carbocycles. The minimum atomic E-state index is 0.716. The molecule has 0 fully saturated rings. The fourth-order valence-corrected chi connectivity index (χ4v) is 1.97. The van der Waals surface area contributed by atoms with Crippen LogP contribution in [0.3, 0.4) is 0 Å². The molecule has 3 aromatic rings. The van der Waals surface area contributed by atoms with Crippen LogP contribution in [0.25, 0.3) is 11.0 Å². The van der Waals surface area contributed by atoms with Gasteiger partial charge in [0.15, 0.2) is 0 Å². The topological polar surface area (TPSA) is 40.7 Å². The molecule has 0 radical (unpaired) electrons. The molecular weight excluding hydrogens is 234 g/mol. The van der Waals surface area contributed by atoms with Crippen molar-refractivity contribution in [1.29, 1.82) is 0 Å². The Labute approximate surface area is 103 Å². The van der Waals surface area contributed by atoms with Crippen molar-refractivity contribution in [2.75, 3.05) is 5.32 Å². The molecule has 17 heavy (non-hydrogen) atoms. The molecule has 0 aliphatic heterocycles. The Morgan fingerprint density at radius 2 is 2.12 bits per heavy atom. The maximum absolute atomic E-state index is 5.94. The van der Waals surface area contributed by atoms with E-state index in [1.54, 1.807) is 6.20 Å². The molecule has 4 heteroatoms.